The molecule has 4 heterocycles. The minimum atomic E-state index is -0.898. The Labute approximate surface area is 260 Å². The summed E-state index contributed by atoms with van der Waals surface area (Å²) in [5, 5.41) is 0. The second-order valence-corrected chi connectivity index (χ2v) is 13.3. The van der Waals surface area contributed by atoms with E-state index in [4.69, 9.17) is 18.9 Å². The van der Waals surface area contributed by atoms with E-state index in [-0.39, 0.29) is 24.0 Å². The fourth-order valence-corrected chi connectivity index (χ4v) is 8.05. The summed E-state index contributed by atoms with van der Waals surface area (Å²) < 4.78 is 25.5. The summed E-state index contributed by atoms with van der Waals surface area (Å²) in [5.41, 5.74) is -1.80. The van der Waals surface area contributed by atoms with Gasteiger partial charge in [0.2, 0.25) is 0 Å². The third-order valence-corrected chi connectivity index (χ3v) is 9.20. The number of carbonyl (C=O) groups excluding carboxylic acids is 2. The molecular formula is C34H44N4O6. The van der Waals surface area contributed by atoms with Gasteiger partial charge in [-0.3, -0.25) is 0 Å². The molecule has 44 heavy (non-hydrogen) atoms. The Kier molecular flexibility index (Phi) is 8.70. The fraction of sp³-hybridized carbons (Fsp3) is 0.529. The van der Waals surface area contributed by atoms with Crippen LogP contribution in [-0.2, 0) is 19.1 Å². The van der Waals surface area contributed by atoms with Gasteiger partial charge in [-0.05, 0) is 52.5 Å². The number of fused-ring (bicyclic) bond motifs is 4. The Morgan fingerprint density at radius 2 is 0.909 bits per heavy atom. The number of nitrogens with zero attached hydrogens (tertiary/aromatic N) is 4. The second kappa shape index (κ2) is 12.5. The summed E-state index contributed by atoms with van der Waals surface area (Å²) in [4.78, 5) is 35.5. The van der Waals surface area contributed by atoms with Crippen LogP contribution in [0.1, 0.15) is 0 Å². The monoisotopic (exact) mass is 604 g/mol. The van der Waals surface area contributed by atoms with E-state index < -0.39 is 23.1 Å². The molecule has 0 aliphatic carbocycles. The Morgan fingerprint density at radius 1 is 0.591 bits per heavy atom. The first-order valence-corrected chi connectivity index (χ1v) is 15.4. The van der Waals surface area contributed by atoms with Crippen molar-refractivity contribution >= 4 is 11.9 Å². The highest BCUT2D eigenvalue weighted by atomic mass is 16.6. The number of piperidine rings is 4. The number of benzene rings is 2. The molecule has 6 rings (SSSR count). The van der Waals surface area contributed by atoms with E-state index in [1.807, 2.05) is 88.9 Å². The number of rotatable bonds is 8. The smallest absolute Gasteiger partial charge is 0.331 e. The Hall–Kier alpha value is -3.44. The maximum atomic E-state index is 13.4. The third-order valence-electron chi connectivity index (χ3n) is 9.20. The number of hydrogen-bond donors (Lipinski definition) is 0. The van der Waals surface area contributed by atoms with Crippen LogP contribution >= 0.6 is 0 Å². The molecule has 0 N–H and O–H groups in total. The zero-order valence-corrected chi connectivity index (χ0v) is 26.1. The molecule has 4 fully saturated rings. The van der Waals surface area contributed by atoms with Crippen molar-refractivity contribution in [2.45, 2.75) is 23.4 Å². The molecule has 2 aromatic carbocycles. The number of likely N-dealkylation sites (tertiary alicyclic amines) is 4. The molecule has 4 bridgehead atoms. The standard InChI is InChI=1S/C34H44N4O6/c1-35-17-25-18-36(2)22-33(21-35,31(25)41-27-11-7-5-8-12-27)43-29(39)15-16-30(40)44-34-23-37(3)19-26(20-38(4)24-34)32(34)42-28-13-9-6-10-14-28/h5-16,25-26,31-32H,17-24H2,1-4H3/b16-15+. The van der Waals surface area contributed by atoms with Gasteiger partial charge < -0.3 is 38.5 Å². The lowest BCUT2D eigenvalue weighted by atomic mass is 9.77. The summed E-state index contributed by atoms with van der Waals surface area (Å²) >= 11 is 0. The van der Waals surface area contributed by atoms with Crippen molar-refractivity contribution in [3.63, 3.8) is 0 Å². The topological polar surface area (TPSA) is 84.0 Å². The van der Waals surface area contributed by atoms with Gasteiger partial charge >= 0.3 is 11.9 Å². The molecular weight excluding hydrogens is 560 g/mol. The van der Waals surface area contributed by atoms with Crippen LogP contribution in [0.3, 0.4) is 0 Å². The summed E-state index contributed by atoms with van der Waals surface area (Å²) in [5.74, 6) is 0.597. The predicted molar refractivity (Wildman–Crippen MR) is 165 cm³/mol. The normalized spacial score (nSPS) is 33.1. The summed E-state index contributed by atoms with van der Waals surface area (Å²) in [6.07, 6.45) is 1.75. The maximum Gasteiger partial charge on any atom is 0.331 e. The minimum absolute atomic E-state index is 0.148. The van der Waals surface area contributed by atoms with E-state index in [0.717, 1.165) is 37.7 Å². The van der Waals surface area contributed by atoms with E-state index in [2.05, 4.69) is 19.6 Å². The SMILES string of the molecule is CN1CC2CN(C)CC(OC(=O)/C=C/C(=O)OC34CN(C)CC(CN(C)C3)C4Oc3ccccc3)(C1)C2Oc1ccccc1. The van der Waals surface area contributed by atoms with Crippen LogP contribution in [0.4, 0.5) is 0 Å². The zero-order valence-electron chi connectivity index (χ0n) is 26.1. The van der Waals surface area contributed by atoms with E-state index in [1.165, 1.54) is 12.2 Å². The molecule has 0 amide bonds. The average molecular weight is 605 g/mol. The molecule has 2 aromatic rings. The quantitative estimate of drug-likeness (QED) is 0.330. The molecule has 10 nitrogen and oxygen atoms in total. The van der Waals surface area contributed by atoms with Gasteiger partial charge in [-0.1, -0.05) is 36.4 Å². The van der Waals surface area contributed by atoms with Gasteiger partial charge in [-0.2, -0.15) is 0 Å². The van der Waals surface area contributed by atoms with Gasteiger partial charge in [0.15, 0.2) is 11.2 Å². The first kappa shape index (κ1) is 30.6. The number of para-hydroxylation sites is 2. The van der Waals surface area contributed by atoms with E-state index >= 15 is 0 Å². The second-order valence-electron chi connectivity index (χ2n) is 13.3. The Balaban J connectivity index is 1.18. The van der Waals surface area contributed by atoms with Gasteiger partial charge in [-0.25, -0.2) is 9.59 Å². The van der Waals surface area contributed by atoms with Gasteiger partial charge in [-0.15, -0.1) is 0 Å². The molecule has 0 radical (unpaired) electrons. The van der Waals surface area contributed by atoms with Crippen molar-refractivity contribution in [1.29, 1.82) is 0 Å². The largest absolute Gasteiger partial charge is 0.486 e. The zero-order chi connectivity index (χ0) is 30.9. The first-order valence-electron chi connectivity index (χ1n) is 15.4. The molecule has 0 saturated carbocycles. The molecule has 4 saturated heterocycles. The third kappa shape index (κ3) is 6.49. The molecule has 10 heteroatoms. The first-order chi connectivity index (χ1) is 21.1. The van der Waals surface area contributed by atoms with Crippen LogP contribution < -0.4 is 9.47 Å². The van der Waals surface area contributed by atoms with Crippen LogP contribution in [0.2, 0.25) is 0 Å². The van der Waals surface area contributed by atoms with Crippen molar-refractivity contribution in [2.75, 3.05) is 80.5 Å². The Morgan fingerprint density at radius 3 is 1.23 bits per heavy atom. The van der Waals surface area contributed by atoms with Crippen molar-refractivity contribution in [3.8, 4) is 11.5 Å². The number of esters is 2. The molecule has 4 aliphatic rings. The summed E-state index contributed by atoms with van der Waals surface area (Å²) in [6.45, 7) is 5.44. The Bertz CT molecular complexity index is 1210. The highest BCUT2D eigenvalue weighted by molar-refractivity contribution is 5.92. The lowest BCUT2D eigenvalue weighted by Crippen LogP contribution is -2.72. The van der Waals surface area contributed by atoms with E-state index in [9.17, 15) is 9.59 Å². The van der Waals surface area contributed by atoms with Crippen molar-refractivity contribution < 1.29 is 28.5 Å². The van der Waals surface area contributed by atoms with Crippen molar-refractivity contribution in [3.05, 3.63) is 72.8 Å². The van der Waals surface area contributed by atoms with E-state index in [1.54, 1.807) is 0 Å². The van der Waals surface area contributed by atoms with Crippen LogP contribution in [0.25, 0.3) is 0 Å². The molecule has 2 atom stereocenters. The minimum Gasteiger partial charge on any atom is -0.486 e. The molecule has 0 spiro atoms. The van der Waals surface area contributed by atoms with Crippen LogP contribution in [0, 0.1) is 11.8 Å². The predicted octanol–water partition coefficient (Wildman–Crippen LogP) is 2.02. The maximum absolute atomic E-state index is 13.4. The highest BCUT2D eigenvalue weighted by Gasteiger charge is 2.57. The summed E-state index contributed by atoms with van der Waals surface area (Å²) in [6, 6.07) is 19.3. The number of carbonyl (C=O) groups is 2. The van der Waals surface area contributed by atoms with E-state index in [0.29, 0.717) is 26.2 Å². The number of hydrogen-bond acceptors (Lipinski definition) is 10. The van der Waals surface area contributed by atoms with Crippen LogP contribution in [0.5, 0.6) is 11.5 Å². The number of ether oxygens (including phenoxy) is 4. The average Bonchev–Trinajstić information content (AvgIpc) is 2.95. The van der Waals surface area contributed by atoms with Crippen LogP contribution in [0.15, 0.2) is 72.8 Å². The van der Waals surface area contributed by atoms with Gasteiger partial charge in [0.25, 0.3) is 0 Å². The fourth-order valence-electron chi connectivity index (χ4n) is 8.05. The van der Waals surface area contributed by atoms with Gasteiger partial charge in [0, 0.05) is 76.3 Å². The van der Waals surface area contributed by atoms with Gasteiger partial charge in [0.1, 0.15) is 23.7 Å². The van der Waals surface area contributed by atoms with Crippen molar-refractivity contribution in [1.82, 2.24) is 19.6 Å². The molecule has 236 valence electrons. The lowest BCUT2D eigenvalue weighted by Gasteiger charge is -2.55. The summed E-state index contributed by atoms with van der Waals surface area (Å²) in [7, 11) is 8.15. The van der Waals surface area contributed by atoms with Crippen LogP contribution in [-0.4, -0.2) is 135 Å². The molecule has 4 aliphatic heterocycles. The lowest BCUT2D eigenvalue weighted by molar-refractivity contribution is -0.204. The molecule has 0 aromatic heterocycles. The highest BCUT2D eigenvalue weighted by Crippen LogP contribution is 2.39. The van der Waals surface area contributed by atoms with Crippen molar-refractivity contribution in [2.24, 2.45) is 11.8 Å². The van der Waals surface area contributed by atoms with Gasteiger partial charge in [0.05, 0.1) is 0 Å². The molecule has 2 unspecified atom stereocenters. The number of likely N-dealkylation sites (N-methyl/N-ethyl adjacent to an activating group) is 4.